The van der Waals surface area contributed by atoms with Crippen molar-refractivity contribution in [3.8, 4) is 0 Å². The number of rotatable bonds is 3. The molecule has 0 saturated carbocycles. The number of hydrogen-bond donors (Lipinski definition) is 0. The van der Waals surface area contributed by atoms with Gasteiger partial charge in [-0.3, -0.25) is 0 Å². The van der Waals surface area contributed by atoms with E-state index in [9.17, 15) is 23.1 Å². The number of halogens is 3. The molecule has 0 unspecified atom stereocenters. The standard InChI is InChI=1S/C13H16F3N3O2/c1-2-8-9(11(20)21)10(13(14,15)16)18-12(17-8)19-6-4-3-5-7-19/h2-7H2,1H3,(H,20,21)/p-1. The third-order valence-electron chi connectivity index (χ3n) is 3.42. The molecule has 0 spiro atoms. The van der Waals surface area contributed by atoms with Gasteiger partial charge in [0.05, 0.1) is 11.7 Å². The van der Waals surface area contributed by atoms with E-state index in [0.717, 1.165) is 19.3 Å². The van der Waals surface area contributed by atoms with Gasteiger partial charge in [-0.25, -0.2) is 9.97 Å². The maximum absolute atomic E-state index is 13.1. The number of carboxylic acid groups (broad SMARTS) is 1. The van der Waals surface area contributed by atoms with Gasteiger partial charge < -0.3 is 14.8 Å². The van der Waals surface area contributed by atoms with Crippen LogP contribution in [0.25, 0.3) is 0 Å². The molecule has 0 aliphatic carbocycles. The molecule has 8 heteroatoms. The SMILES string of the molecule is CCc1nc(N2CCCCC2)nc(C(F)(F)F)c1C(=O)[O-]. The summed E-state index contributed by atoms with van der Waals surface area (Å²) in [6.45, 7) is 2.70. The quantitative estimate of drug-likeness (QED) is 0.844. The van der Waals surface area contributed by atoms with Crippen LogP contribution in [0.3, 0.4) is 0 Å². The van der Waals surface area contributed by atoms with Gasteiger partial charge in [0.25, 0.3) is 0 Å². The van der Waals surface area contributed by atoms with Gasteiger partial charge in [0.15, 0.2) is 5.69 Å². The molecule has 116 valence electrons. The number of carbonyl (C=O) groups excluding carboxylic acids is 1. The Balaban J connectivity index is 2.56. The predicted molar refractivity (Wildman–Crippen MR) is 66.8 cm³/mol. The molecule has 1 aromatic heterocycles. The van der Waals surface area contributed by atoms with Crippen molar-refractivity contribution in [1.29, 1.82) is 0 Å². The fourth-order valence-electron chi connectivity index (χ4n) is 2.40. The second-order valence-electron chi connectivity index (χ2n) is 4.88. The minimum absolute atomic E-state index is 0.0520. The van der Waals surface area contributed by atoms with Crippen molar-refractivity contribution in [3.63, 3.8) is 0 Å². The van der Waals surface area contributed by atoms with E-state index in [-0.39, 0.29) is 18.1 Å². The van der Waals surface area contributed by atoms with Crippen LogP contribution in [0.15, 0.2) is 0 Å². The normalized spacial score (nSPS) is 16.1. The fourth-order valence-corrected chi connectivity index (χ4v) is 2.40. The second-order valence-corrected chi connectivity index (χ2v) is 4.88. The highest BCUT2D eigenvalue weighted by molar-refractivity contribution is 5.88. The topological polar surface area (TPSA) is 69.2 Å². The van der Waals surface area contributed by atoms with E-state index in [1.165, 1.54) is 0 Å². The lowest BCUT2D eigenvalue weighted by Crippen LogP contribution is -2.34. The van der Waals surface area contributed by atoms with Crippen LogP contribution in [0.4, 0.5) is 19.1 Å². The molecule has 1 aliphatic heterocycles. The minimum atomic E-state index is -4.85. The first-order chi connectivity index (χ1) is 9.84. The third-order valence-corrected chi connectivity index (χ3v) is 3.42. The molecule has 21 heavy (non-hydrogen) atoms. The molecule has 1 saturated heterocycles. The molecule has 0 N–H and O–H groups in total. The van der Waals surface area contributed by atoms with Crippen molar-refractivity contribution in [2.75, 3.05) is 18.0 Å². The molecular formula is C13H15F3N3O2-. The molecule has 0 aromatic carbocycles. The zero-order chi connectivity index (χ0) is 15.6. The lowest BCUT2D eigenvalue weighted by atomic mass is 10.1. The number of carbonyl (C=O) groups is 1. The number of alkyl halides is 3. The highest BCUT2D eigenvalue weighted by Crippen LogP contribution is 2.33. The zero-order valence-corrected chi connectivity index (χ0v) is 11.5. The third kappa shape index (κ3) is 3.25. The van der Waals surface area contributed by atoms with E-state index in [1.54, 1.807) is 11.8 Å². The van der Waals surface area contributed by atoms with Crippen LogP contribution in [0.5, 0.6) is 0 Å². The molecule has 0 amide bonds. The van der Waals surface area contributed by atoms with Crippen LogP contribution in [-0.4, -0.2) is 29.0 Å². The van der Waals surface area contributed by atoms with Crippen LogP contribution in [0, 0.1) is 0 Å². The first-order valence-electron chi connectivity index (χ1n) is 6.79. The minimum Gasteiger partial charge on any atom is -0.545 e. The average molecular weight is 302 g/mol. The van der Waals surface area contributed by atoms with Gasteiger partial charge in [-0.1, -0.05) is 6.92 Å². The first-order valence-corrected chi connectivity index (χ1v) is 6.79. The summed E-state index contributed by atoms with van der Waals surface area (Å²) < 4.78 is 39.2. The summed E-state index contributed by atoms with van der Waals surface area (Å²) in [5, 5.41) is 11.0. The molecule has 2 rings (SSSR count). The highest BCUT2D eigenvalue weighted by Gasteiger charge is 2.38. The molecule has 1 aromatic rings. The van der Waals surface area contributed by atoms with Crippen molar-refractivity contribution in [2.24, 2.45) is 0 Å². The molecule has 0 bridgehead atoms. The molecule has 1 fully saturated rings. The number of carboxylic acids is 1. The molecule has 2 heterocycles. The molecule has 5 nitrogen and oxygen atoms in total. The number of anilines is 1. The lowest BCUT2D eigenvalue weighted by molar-refractivity contribution is -0.256. The maximum Gasteiger partial charge on any atom is 0.434 e. The second kappa shape index (κ2) is 5.87. The van der Waals surface area contributed by atoms with Gasteiger partial charge in [-0.15, -0.1) is 0 Å². The summed E-state index contributed by atoms with van der Waals surface area (Å²) in [6, 6.07) is 0. The highest BCUT2D eigenvalue weighted by atomic mass is 19.4. The van der Waals surface area contributed by atoms with Gasteiger partial charge in [0, 0.05) is 18.7 Å². The van der Waals surface area contributed by atoms with E-state index >= 15 is 0 Å². The largest absolute Gasteiger partial charge is 0.545 e. The monoisotopic (exact) mass is 302 g/mol. The van der Waals surface area contributed by atoms with E-state index in [2.05, 4.69) is 9.97 Å². The Labute approximate surface area is 119 Å². The molecule has 0 radical (unpaired) electrons. The Bertz CT molecular complexity index is 540. The van der Waals surface area contributed by atoms with Crippen molar-refractivity contribution in [2.45, 2.75) is 38.8 Å². The van der Waals surface area contributed by atoms with Crippen molar-refractivity contribution in [3.05, 3.63) is 17.0 Å². The van der Waals surface area contributed by atoms with Crippen LogP contribution in [-0.2, 0) is 12.6 Å². The van der Waals surface area contributed by atoms with Crippen LogP contribution < -0.4 is 10.0 Å². The summed E-state index contributed by atoms with van der Waals surface area (Å²) in [5.41, 5.74) is -2.52. The lowest BCUT2D eigenvalue weighted by Gasteiger charge is -2.28. The zero-order valence-electron chi connectivity index (χ0n) is 11.5. The molecule has 0 atom stereocenters. The Morgan fingerprint density at radius 3 is 2.33 bits per heavy atom. The van der Waals surface area contributed by atoms with E-state index in [1.807, 2.05) is 0 Å². The number of piperidine rings is 1. The molecule has 1 aliphatic rings. The van der Waals surface area contributed by atoms with Gasteiger partial charge >= 0.3 is 6.18 Å². The summed E-state index contributed by atoms with van der Waals surface area (Å²) in [5.74, 6) is -1.95. The van der Waals surface area contributed by atoms with Gasteiger partial charge in [-0.2, -0.15) is 13.2 Å². The van der Waals surface area contributed by atoms with Crippen LogP contribution in [0.1, 0.15) is 47.9 Å². The Hall–Kier alpha value is -1.86. The molecular weight excluding hydrogens is 287 g/mol. The van der Waals surface area contributed by atoms with Gasteiger partial charge in [0.2, 0.25) is 5.95 Å². The summed E-state index contributed by atoms with van der Waals surface area (Å²) in [4.78, 5) is 20.2. The average Bonchev–Trinajstić information content (AvgIpc) is 2.45. The summed E-state index contributed by atoms with van der Waals surface area (Å²) in [7, 11) is 0. The Morgan fingerprint density at radius 2 is 1.86 bits per heavy atom. The van der Waals surface area contributed by atoms with Crippen molar-refractivity contribution < 1.29 is 23.1 Å². The van der Waals surface area contributed by atoms with Crippen molar-refractivity contribution >= 4 is 11.9 Å². The number of nitrogens with zero attached hydrogens (tertiary/aromatic N) is 3. The fraction of sp³-hybridized carbons (Fsp3) is 0.615. The number of aromatic nitrogens is 2. The van der Waals surface area contributed by atoms with Crippen LogP contribution in [0.2, 0.25) is 0 Å². The maximum atomic E-state index is 13.1. The Morgan fingerprint density at radius 1 is 1.24 bits per heavy atom. The summed E-state index contributed by atoms with van der Waals surface area (Å²) >= 11 is 0. The first kappa shape index (κ1) is 15.5. The predicted octanol–water partition coefficient (Wildman–Crippen LogP) is 1.41. The van der Waals surface area contributed by atoms with E-state index < -0.39 is 23.4 Å². The number of aryl methyl sites for hydroxylation is 1. The van der Waals surface area contributed by atoms with E-state index in [0.29, 0.717) is 13.1 Å². The number of aromatic carboxylic acids is 1. The number of hydrogen-bond acceptors (Lipinski definition) is 5. The Kier molecular flexibility index (Phi) is 4.34. The smallest absolute Gasteiger partial charge is 0.434 e. The van der Waals surface area contributed by atoms with E-state index in [4.69, 9.17) is 0 Å². The van der Waals surface area contributed by atoms with Gasteiger partial charge in [0.1, 0.15) is 0 Å². The van der Waals surface area contributed by atoms with Crippen molar-refractivity contribution in [1.82, 2.24) is 9.97 Å². The van der Waals surface area contributed by atoms with Crippen LogP contribution >= 0.6 is 0 Å². The van der Waals surface area contributed by atoms with Gasteiger partial charge in [-0.05, 0) is 25.7 Å². The summed E-state index contributed by atoms with van der Waals surface area (Å²) in [6.07, 6.45) is -2.06.